The number of halogens is 2. The van der Waals surface area contributed by atoms with Gasteiger partial charge in [0.15, 0.2) is 11.5 Å². The van der Waals surface area contributed by atoms with Crippen molar-refractivity contribution in [3.8, 4) is 11.5 Å². The van der Waals surface area contributed by atoms with Crippen LogP contribution in [0.3, 0.4) is 0 Å². The minimum absolute atomic E-state index is 0.0502. The number of nitrogens with one attached hydrogen (secondary N) is 1. The summed E-state index contributed by atoms with van der Waals surface area (Å²) < 4.78 is 34.1. The number of hydrogen-bond donors (Lipinski definition) is 2. The lowest BCUT2D eigenvalue weighted by Gasteiger charge is -2.17. The molecule has 3 N–H and O–H groups in total. The molecule has 0 radical (unpaired) electrons. The highest BCUT2D eigenvalue weighted by molar-refractivity contribution is 5.81. The van der Waals surface area contributed by atoms with Crippen LogP contribution in [0.2, 0.25) is 0 Å². The molecular weight excluding hydrogens is 318 g/mol. The molecule has 0 aliphatic heterocycles. The van der Waals surface area contributed by atoms with E-state index in [0.29, 0.717) is 6.54 Å². The van der Waals surface area contributed by atoms with Crippen molar-refractivity contribution < 1.29 is 23.0 Å². The molecule has 0 saturated heterocycles. The quantitative estimate of drug-likeness (QED) is 0.777. The van der Waals surface area contributed by atoms with E-state index >= 15 is 0 Å². The van der Waals surface area contributed by atoms with Gasteiger partial charge >= 0.3 is 6.61 Å². The number of ether oxygens (including phenoxy) is 2. The first-order chi connectivity index (χ1) is 11.5. The molecule has 24 heavy (non-hydrogen) atoms. The molecular formula is C17H18F2N2O3. The number of rotatable bonds is 8. The predicted octanol–water partition coefficient (Wildman–Crippen LogP) is 2.61. The van der Waals surface area contributed by atoms with Crippen LogP contribution in [0.25, 0.3) is 0 Å². The molecule has 1 atom stereocenters. The van der Waals surface area contributed by atoms with Gasteiger partial charge in [0, 0.05) is 6.54 Å². The lowest BCUT2D eigenvalue weighted by Crippen LogP contribution is -2.33. The van der Waals surface area contributed by atoms with Gasteiger partial charge in [-0.25, -0.2) is 0 Å². The Bertz CT molecular complexity index is 681. The number of alkyl halides is 2. The van der Waals surface area contributed by atoms with Gasteiger partial charge in [0.1, 0.15) is 6.04 Å². The van der Waals surface area contributed by atoms with E-state index in [9.17, 15) is 13.6 Å². The van der Waals surface area contributed by atoms with E-state index in [1.165, 1.54) is 13.2 Å². The Kier molecular flexibility index (Phi) is 6.08. The van der Waals surface area contributed by atoms with E-state index in [0.717, 1.165) is 11.1 Å². The maximum absolute atomic E-state index is 12.3. The molecule has 5 nitrogen and oxygen atoms in total. The minimum atomic E-state index is -2.93. The fraction of sp³-hybridized carbons (Fsp3) is 0.235. The third kappa shape index (κ3) is 4.66. The molecule has 128 valence electrons. The average Bonchev–Trinajstić information content (AvgIpc) is 2.56. The van der Waals surface area contributed by atoms with Crippen molar-refractivity contribution in [2.24, 2.45) is 5.73 Å². The second kappa shape index (κ2) is 8.26. The summed E-state index contributed by atoms with van der Waals surface area (Å²) in [7, 11) is 1.36. The second-order valence-corrected chi connectivity index (χ2v) is 4.99. The Morgan fingerprint density at radius 2 is 1.88 bits per heavy atom. The first-order valence-corrected chi connectivity index (χ1v) is 7.20. The predicted molar refractivity (Wildman–Crippen MR) is 84.8 cm³/mol. The third-order valence-electron chi connectivity index (χ3n) is 3.37. The van der Waals surface area contributed by atoms with Crippen LogP contribution in [0.4, 0.5) is 8.78 Å². The zero-order valence-electron chi connectivity index (χ0n) is 13.0. The van der Waals surface area contributed by atoms with Gasteiger partial charge < -0.3 is 15.2 Å². The summed E-state index contributed by atoms with van der Waals surface area (Å²) in [6, 6.07) is 13.0. The van der Waals surface area contributed by atoms with Gasteiger partial charge in [0.25, 0.3) is 0 Å². The molecule has 0 aromatic heterocycles. The van der Waals surface area contributed by atoms with Crippen molar-refractivity contribution >= 4 is 5.91 Å². The van der Waals surface area contributed by atoms with Crippen LogP contribution in [-0.4, -0.2) is 19.6 Å². The summed E-state index contributed by atoms with van der Waals surface area (Å²) >= 11 is 0. The Hall–Kier alpha value is -2.67. The molecule has 0 unspecified atom stereocenters. The van der Waals surface area contributed by atoms with Crippen molar-refractivity contribution in [3.05, 3.63) is 59.7 Å². The van der Waals surface area contributed by atoms with Crippen LogP contribution in [-0.2, 0) is 11.3 Å². The fourth-order valence-electron chi connectivity index (χ4n) is 2.26. The fourth-order valence-corrected chi connectivity index (χ4v) is 2.26. The van der Waals surface area contributed by atoms with Gasteiger partial charge in [0.05, 0.1) is 7.11 Å². The number of carbonyl (C=O) groups is 1. The van der Waals surface area contributed by atoms with Gasteiger partial charge in [-0.1, -0.05) is 36.4 Å². The van der Waals surface area contributed by atoms with Gasteiger partial charge in [-0.2, -0.15) is 8.78 Å². The zero-order chi connectivity index (χ0) is 17.5. The van der Waals surface area contributed by atoms with Gasteiger partial charge in [-0.3, -0.25) is 10.1 Å². The van der Waals surface area contributed by atoms with E-state index in [1.54, 1.807) is 24.3 Å². The van der Waals surface area contributed by atoms with Gasteiger partial charge in [-0.15, -0.1) is 0 Å². The Balaban J connectivity index is 2.11. The highest BCUT2D eigenvalue weighted by Crippen LogP contribution is 2.29. The maximum atomic E-state index is 12.3. The van der Waals surface area contributed by atoms with E-state index in [4.69, 9.17) is 10.5 Å². The smallest absolute Gasteiger partial charge is 0.387 e. The molecule has 0 bridgehead atoms. The lowest BCUT2D eigenvalue weighted by atomic mass is 10.1. The maximum Gasteiger partial charge on any atom is 0.387 e. The number of benzene rings is 2. The van der Waals surface area contributed by atoms with E-state index in [2.05, 4.69) is 10.1 Å². The molecule has 0 fully saturated rings. The average molecular weight is 336 g/mol. The Morgan fingerprint density at radius 3 is 2.46 bits per heavy atom. The highest BCUT2D eigenvalue weighted by Gasteiger charge is 2.17. The molecule has 2 aromatic carbocycles. The van der Waals surface area contributed by atoms with Crippen LogP contribution in [0.1, 0.15) is 17.2 Å². The summed E-state index contributed by atoms with van der Waals surface area (Å²) in [5.41, 5.74) is 6.92. The van der Waals surface area contributed by atoms with Crippen LogP contribution >= 0.6 is 0 Å². The first kappa shape index (κ1) is 17.7. The number of primary amides is 1. The first-order valence-electron chi connectivity index (χ1n) is 7.20. The van der Waals surface area contributed by atoms with Crippen molar-refractivity contribution in [2.75, 3.05) is 7.11 Å². The number of carbonyl (C=O) groups excluding carboxylic acids is 1. The van der Waals surface area contributed by atoms with Crippen LogP contribution < -0.4 is 20.5 Å². The van der Waals surface area contributed by atoms with Gasteiger partial charge in [0.2, 0.25) is 5.91 Å². The highest BCUT2D eigenvalue weighted by atomic mass is 19.3. The largest absolute Gasteiger partial charge is 0.493 e. The molecule has 7 heteroatoms. The normalized spacial score (nSPS) is 12.0. The number of amides is 1. The monoisotopic (exact) mass is 336 g/mol. The van der Waals surface area contributed by atoms with Gasteiger partial charge in [-0.05, 0) is 23.3 Å². The Morgan fingerprint density at radius 1 is 1.17 bits per heavy atom. The summed E-state index contributed by atoms with van der Waals surface area (Å²) in [4.78, 5) is 11.7. The van der Waals surface area contributed by atoms with E-state index < -0.39 is 18.6 Å². The van der Waals surface area contributed by atoms with Crippen molar-refractivity contribution in [1.82, 2.24) is 5.32 Å². The zero-order valence-corrected chi connectivity index (χ0v) is 13.0. The molecule has 0 aliphatic carbocycles. The molecule has 0 saturated carbocycles. The topological polar surface area (TPSA) is 73.6 Å². The number of methoxy groups -OCH3 is 1. The summed E-state index contributed by atoms with van der Waals surface area (Å²) in [5, 5.41) is 3.04. The Labute approximate surface area is 138 Å². The standard InChI is InChI=1S/C17H18F2N2O3/c1-23-14-9-11(7-8-13(14)24-17(18)19)10-21-15(16(20)22)12-5-3-2-4-6-12/h2-9,15,17,21H,10H2,1H3,(H2,20,22)/t15-/m0/s1. The molecule has 0 spiro atoms. The molecule has 0 heterocycles. The molecule has 2 aromatic rings. The third-order valence-corrected chi connectivity index (χ3v) is 3.37. The minimum Gasteiger partial charge on any atom is -0.493 e. The van der Waals surface area contributed by atoms with E-state index in [1.807, 2.05) is 18.2 Å². The van der Waals surface area contributed by atoms with Crippen LogP contribution in [0, 0.1) is 0 Å². The van der Waals surface area contributed by atoms with Crippen molar-refractivity contribution in [1.29, 1.82) is 0 Å². The molecule has 1 amide bonds. The number of hydrogen-bond acceptors (Lipinski definition) is 4. The van der Waals surface area contributed by atoms with Crippen molar-refractivity contribution in [2.45, 2.75) is 19.2 Å². The van der Waals surface area contributed by atoms with Crippen LogP contribution in [0.15, 0.2) is 48.5 Å². The van der Waals surface area contributed by atoms with Crippen molar-refractivity contribution in [3.63, 3.8) is 0 Å². The molecule has 2 rings (SSSR count). The van der Waals surface area contributed by atoms with Crippen LogP contribution in [0.5, 0.6) is 11.5 Å². The summed E-state index contributed by atoms with van der Waals surface area (Å²) in [6.07, 6.45) is 0. The summed E-state index contributed by atoms with van der Waals surface area (Å²) in [6.45, 7) is -2.63. The summed E-state index contributed by atoms with van der Waals surface area (Å²) in [5.74, 6) is -0.374. The lowest BCUT2D eigenvalue weighted by molar-refractivity contribution is -0.120. The van der Waals surface area contributed by atoms with E-state index in [-0.39, 0.29) is 11.5 Å². The second-order valence-electron chi connectivity index (χ2n) is 4.99. The SMILES string of the molecule is COc1cc(CN[C@H](C(N)=O)c2ccccc2)ccc1OC(F)F. The molecule has 0 aliphatic rings. The number of nitrogens with two attached hydrogens (primary N) is 1.